The number of carbonyl (C=O) groups excluding carboxylic acids is 2. The summed E-state index contributed by atoms with van der Waals surface area (Å²) < 4.78 is 25.9. The highest BCUT2D eigenvalue weighted by molar-refractivity contribution is 8.03. The van der Waals surface area contributed by atoms with Crippen molar-refractivity contribution in [2.45, 2.75) is 12.8 Å². The molecule has 0 spiro atoms. The fraction of sp³-hybridized carbons (Fsp3) is 0.381. The Morgan fingerprint density at radius 3 is 2.13 bits per heavy atom. The van der Waals surface area contributed by atoms with Crippen LogP contribution in [0.5, 0.6) is 17.2 Å². The molecule has 0 radical (unpaired) electrons. The minimum atomic E-state index is -0.785. The van der Waals surface area contributed by atoms with E-state index in [0.29, 0.717) is 33.5 Å². The second kappa shape index (κ2) is 10.6. The third-order valence-corrected chi connectivity index (χ3v) is 5.63. The number of carbonyl (C=O) groups is 2. The monoisotopic (exact) mass is 448 g/mol. The summed E-state index contributed by atoms with van der Waals surface area (Å²) in [5.41, 5.74) is 1.56. The highest BCUT2D eigenvalue weighted by atomic mass is 32.2. The Morgan fingerprint density at radius 1 is 1.06 bits per heavy atom. The lowest BCUT2D eigenvalue weighted by Crippen LogP contribution is -2.29. The second-order valence-electron chi connectivity index (χ2n) is 6.27. The molecule has 0 fully saturated rings. The maximum absolute atomic E-state index is 12.7. The minimum absolute atomic E-state index is 0.00712. The standard InChI is InChI=1S/C21H24N2O7S/c1-11-17(21(25)30-6)18(13(9-22)20(23-11)31-10-16(24)28-4)12-7-14(26-2)19(29-5)15(8-12)27-3/h7-8,18,23H,10H2,1-6H3. The van der Waals surface area contributed by atoms with E-state index in [-0.39, 0.29) is 16.9 Å². The zero-order chi connectivity index (χ0) is 23.1. The highest BCUT2D eigenvalue weighted by Gasteiger charge is 2.36. The molecule has 31 heavy (non-hydrogen) atoms. The molecule has 1 aliphatic heterocycles. The highest BCUT2D eigenvalue weighted by Crippen LogP contribution is 2.46. The van der Waals surface area contributed by atoms with Crippen molar-refractivity contribution in [3.8, 4) is 23.3 Å². The number of hydrogen-bond acceptors (Lipinski definition) is 10. The molecular weight excluding hydrogens is 424 g/mol. The lowest BCUT2D eigenvalue weighted by molar-refractivity contribution is -0.138. The Balaban J connectivity index is 2.73. The maximum atomic E-state index is 12.7. The predicted octanol–water partition coefficient (Wildman–Crippen LogP) is 2.49. The van der Waals surface area contributed by atoms with Crippen LogP contribution >= 0.6 is 11.8 Å². The quantitative estimate of drug-likeness (QED) is 0.595. The summed E-state index contributed by atoms with van der Waals surface area (Å²) in [6, 6.07) is 5.51. The smallest absolute Gasteiger partial charge is 0.336 e. The Bertz CT molecular complexity index is 953. The number of allylic oxidation sites excluding steroid dienone is 2. The lowest BCUT2D eigenvalue weighted by Gasteiger charge is -2.29. The molecule has 1 atom stereocenters. The zero-order valence-electron chi connectivity index (χ0n) is 18.2. The van der Waals surface area contributed by atoms with Gasteiger partial charge in [0.25, 0.3) is 0 Å². The van der Waals surface area contributed by atoms with Gasteiger partial charge in [0.2, 0.25) is 5.75 Å². The fourth-order valence-corrected chi connectivity index (χ4v) is 4.12. The molecule has 0 bridgehead atoms. The molecule has 1 aliphatic rings. The number of esters is 2. The van der Waals surface area contributed by atoms with Crippen molar-refractivity contribution in [1.29, 1.82) is 5.26 Å². The summed E-state index contributed by atoms with van der Waals surface area (Å²) in [6.07, 6.45) is 0. The predicted molar refractivity (Wildman–Crippen MR) is 114 cm³/mol. The van der Waals surface area contributed by atoms with Crippen LogP contribution in [0.2, 0.25) is 0 Å². The molecule has 0 saturated carbocycles. The molecule has 166 valence electrons. The van der Waals surface area contributed by atoms with Crippen molar-refractivity contribution in [3.63, 3.8) is 0 Å². The van der Waals surface area contributed by atoms with Gasteiger partial charge in [-0.05, 0) is 24.6 Å². The van der Waals surface area contributed by atoms with E-state index in [2.05, 4.69) is 16.1 Å². The number of benzene rings is 1. The van der Waals surface area contributed by atoms with Crippen LogP contribution in [-0.4, -0.2) is 53.2 Å². The molecule has 10 heteroatoms. The second-order valence-corrected chi connectivity index (χ2v) is 7.25. The van der Waals surface area contributed by atoms with Crippen LogP contribution in [0, 0.1) is 11.3 Å². The van der Waals surface area contributed by atoms with E-state index in [1.165, 1.54) is 35.5 Å². The van der Waals surface area contributed by atoms with Gasteiger partial charge in [0.15, 0.2) is 11.5 Å². The van der Waals surface area contributed by atoms with Gasteiger partial charge in [-0.1, -0.05) is 11.8 Å². The van der Waals surface area contributed by atoms with Crippen molar-refractivity contribution >= 4 is 23.7 Å². The van der Waals surface area contributed by atoms with Gasteiger partial charge in [-0.15, -0.1) is 0 Å². The van der Waals surface area contributed by atoms with E-state index in [1.54, 1.807) is 19.1 Å². The van der Waals surface area contributed by atoms with Crippen LogP contribution < -0.4 is 19.5 Å². The molecule has 0 saturated heterocycles. The number of rotatable bonds is 8. The third kappa shape index (κ3) is 4.88. The van der Waals surface area contributed by atoms with Crippen molar-refractivity contribution in [2.24, 2.45) is 0 Å². The summed E-state index contributed by atoms with van der Waals surface area (Å²) in [6.45, 7) is 1.70. The first kappa shape index (κ1) is 24.0. The zero-order valence-corrected chi connectivity index (χ0v) is 19.0. The Labute approximate surface area is 184 Å². The fourth-order valence-electron chi connectivity index (χ4n) is 3.20. The van der Waals surface area contributed by atoms with E-state index >= 15 is 0 Å². The molecule has 9 nitrogen and oxygen atoms in total. The first-order chi connectivity index (χ1) is 14.9. The lowest BCUT2D eigenvalue weighted by atomic mass is 9.82. The van der Waals surface area contributed by atoms with Gasteiger partial charge in [0.05, 0.1) is 69.5 Å². The number of ether oxygens (including phenoxy) is 5. The van der Waals surface area contributed by atoms with Crippen molar-refractivity contribution in [3.05, 3.63) is 39.6 Å². The number of hydrogen-bond donors (Lipinski definition) is 1. The summed E-state index contributed by atoms with van der Waals surface area (Å²) in [5, 5.41) is 13.5. The van der Waals surface area contributed by atoms with Gasteiger partial charge < -0.3 is 29.0 Å². The van der Waals surface area contributed by atoms with Gasteiger partial charge >= 0.3 is 11.9 Å². The number of nitriles is 1. The Morgan fingerprint density at radius 2 is 1.68 bits per heavy atom. The first-order valence-electron chi connectivity index (χ1n) is 9.06. The molecule has 0 aliphatic carbocycles. The van der Waals surface area contributed by atoms with E-state index < -0.39 is 17.9 Å². The number of thioether (sulfide) groups is 1. The number of methoxy groups -OCH3 is 5. The first-order valence-corrected chi connectivity index (χ1v) is 10.0. The summed E-state index contributed by atoms with van der Waals surface area (Å²) in [7, 11) is 6.99. The van der Waals surface area contributed by atoms with E-state index in [1.807, 2.05) is 0 Å². The van der Waals surface area contributed by atoms with Gasteiger partial charge in [-0.25, -0.2) is 4.79 Å². The van der Waals surface area contributed by atoms with Crippen molar-refractivity contribution in [1.82, 2.24) is 5.32 Å². The largest absolute Gasteiger partial charge is 0.493 e. The van der Waals surface area contributed by atoms with E-state index in [9.17, 15) is 14.9 Å². The SMILES string of the molecule is COC(=O)CSC1=C(C#N)C(c2cc(OC)c(OC)c(OC)c2)C(C(=O)OC)=C(C)N1. The topological polar surface area (TPSA) is 116 Å². The molecule has 2 rings (SSSR count). The summed E-state index contributed by atoms with van der Waals surface area (Å²) in [4.78, 5) is 24.3. The molecule has 1 N–H and O–H groups in total. The third-order valence-electron chi connectivity index (χ3n) is 4.64. The Kier molecular flexibility index (Phi) is 8.22. The number of nitrogens with zero attached hydrogens (tertiary/aromatic N) is 1. The summed E-state index contributed by atoms with van der Waals surface area (Å²) in [5.74, 6) is -0.697. The number of nitrogens with one attached hydrogen (secondary N) is 1. The molecule has 1 unspecified atom stereocenters. The molecule has 0 amide bonds. The molecule has 1 aromatic carbocycles. The van der Waals surface area contributed by atoms with Crippen LogP contribution in [0.25, 0.3) is 0 Å². The van der Waals surface area contributed by atoms with Gasteiger partial charge in [0.1, 0.15) is 0 Å². The van der Waals surface area contributed by atoms with Crippen molar-refractivity contribution < 1.29 is 33.3 Å². The average Bonchev–Trinajstić information content (AvgIpc) is 2.80. The van der Waals surface area contributed by atoms with Gasteiger partial charge in [-0.2, -0.15) is 5.26 Å². The van der Waals surface area contributed by atoms with E-state index in [4.69, 9.17) is 18.9 Å². The normalized spacial score (nSPS) is 15.6. The summed E-state index contributed by atoms with van der Waals surface area (Å²) >= 11 is 1.11. The van der Waals surface area contributed by atoms with Crippen LogP contribution in [0.4, 0.5) is 0 Å². The van der Waals surface area contributed by atoms with Gasteiger partial charge in [-0.3, -0.25) is 4.79 Å². The maximum Gasteiger partial charge on any atom is 0.336 e. The molecular formula is C21H24N2O7S. The van der Waals surface area contributed by atoms with Crippen LogP contribution in [-0.2, 0) is 19.1 Å². The molecule has 1 aromatic rings. The van der Waals surface area contributed by atoms with Gasteiger partial charge in [0, 0.05) is 5.70 Å². The van der Waals surface area contributed by atoms with Crippen LogP contribution in [0.1, 0.15) is 18.4 Å². The number of dihydropyridines is 1. The van der Waals surface area contributed by atoms with Crippen LogP contribution in [0.15, 0.2) is 34.0 Å². The molecule has 0 aromatic heterocycles. The molecule has 1 heterocycles. The van der Waals surface area contributed by atoms with Crippen LogP contribution in [0.3, 0.4) is 0 Å². The van der Waals surface area contributed by atoms with E-state index in [0.717, 1.165) is 11.8 Å². The minimum Gasteiger partial charge on any atom is -0.493 e. The average molecular weight is 448 g/mol. The Hall–Kier alpha value is -3.32. The van der Waals surface area contributed by atoms with Crippen molar-refractivity contribution in [2.75, 3.05) is 41.3 Å².